The summed E-state index contributed by atoms with van der Waals surface area (Å²) in [6.07, 6.45) is 2.55. The van der Waals surface area contributed by atoms with E-state index in [1.54, 1.807) is 6.26 Å². The lowest BCUT2D eigenvalue weighted by Crippen LogP contribution is -2.53. The van der Waals surface area contributed by atoms with Crippen molar-refractivity contribution in [3.8, 4) is 5.75 Å². The molecule has 0 bridgehead atoms. The Bertz CT molecular complexity index is 671. The molecule has 0 atom stereocenters. The molecule has 0 aliphatic carbocycles. The van der Waals surface area contributed by atoms with Gasteiger partial charge in [-0.1, -0.05) is 18.2 Å². The van der Waals surface area contributed by atoms with E-state index < -0.39 is 0 Å². The van der Waals surface area contributed by atoms with Crippen LogP contribution >= 0.6 is 24.0 Å². The molecule has 0 amide bonds. The van der Waals surface area contributed by atoms with Gasteiger partial charge in [-0.2, -0.15) is 0 Å². The average molecular weight is 498 g/mol. The third-order valence-electron chi connectivity index (χ3n) is 4.63. The summed E-state index contributed by atoms with van der Waals surface area (Å²) in [5.41, 5.74) is 0. The molecule has 1 aromatic carbocycles. The van der Waals surface area contributed by atoms with Gasteiger partial charge >= 0.3 is 0 Å². The normalized spacial score (nSPS) is 15.2. The highest BCUT2D eigenvalue weighted by molar-refractivity contribution is 14.0. The van der Waals surface area contributed by atoms with Crippen LogP contribution in [0.2, 0.25) is 0 Å². The number of aliphatic imine (C=N–C) groups is 1. The van der Waals surface area contributed by atoms with Crippen LogP contribution in [0.25, 0.3) is 0 Å². The maximum Gasteiger partial charge on any atom is 0.194 e. The van der Waals surface area contributed by atoms with Gasteiger partial charge in [0, 0.05) is 52.2 Å². The van der Waals surface area contributed by atoms with Crippen LogP contribution in [-0.2, 0) is 6.42 Å². The largest absolute Gasteiger partial charge is 0.492 e. The predicted molar refractivity (Wildman–Crippen MR) is 124 cm³/mol. The highest BCUT2D eigenvalue weighted by atomic mass is 127. The fraction of sp³-hybridized carbons (Fsp3) is 0.476. The molecule has 1 N–H and O–H groups in total. The SMILES string of the molecule is CCNC(=NCCc1ccco1)N1CCN(CCOc2ccccc2)CC1.I. The Morgan fingerprint density at radius 3 is 2.57 bits per heavy atom. The van der Waals surface area contributed by atoms with Crippen LogP contribution < -0.4 is 10.1 Å². The Balaban J connectivity index is 0.00000280. The van der Waals surface area contributed by atoms with Crippen molar-refractivity contribution < 1.29 is 9.15 Å². The summed E-state index contributed by atoms with van der Waals surface area (Å²) in [5, 5.41) is 3.41. The number of ether oxygens (including phenoxy) is 1. The summed E-state index contributed by atoms with van der Waals surface area (Å²) < 4.78 is 11.2. The Kier molecular flexibility index (Phi) is 10.2. The lowest BCUT2D eigenvalue weighted by atomic mass is 10.3. The van der Waals surface area contributed by atoms with Crippen molar-refractivity contribution in [2.24, 2.45) is 4.99 Å². The number of piperazine rings is 1. The number of hydrogen-bond donors (Lipinski definition) is 1. The number of nitrogens with one attached hydrogen (secondary N) is 1. The first kappa shape index (κ1) is 22.5. The molecular formula is C21H31IN4O2. The summed E-state index contributed by atoms with van der Waals surface area (Å²) in [6, 6.07) is 13.9. The van der Waals surface area contributed by atoms with E-state index in [2.05, 4.69) is 22.0 Å². The van der Waals surface area contributed by atoms with E-state index in [1.165, 1.54) is 0 Å². The number of rotatable bonds is 8. The molecule has 3 rings (SSSR count). The number of guanidine groups is 1. The zero-order valence-electron chi connectivity index (χ0n) is 16.5. The van der Waals surface area contributed by atoms with Crippen LogP contribution in [0.5, 0.6) is 5.75 Å². The van der Waals surface area contributed by atoms with E-state index >= 15 is 0 Å². The van der Waals surface area contributed by atoms with Crippen LogP contribution in [-0.4, -0.2) is 68.2 Å². The number of para-hydroxylation sites is 1. The van der Waals surface area contributed by atoms with E-state index in [0.717, 1.165) is 76.3 Å². The first-order valence-corrected chi connectivity index (χ1v) is 9.81. The van der Waals surface area contributed by atoms with Crippen LogP contribution in [0.3, 0.4) is 0 Å². The van der Waals surface area contributed by atoms with E-state index in [1.807, 2.05) is 42.5 Å². The highest BCUT2D eigenvalue weighted by Crippen LogP contribution is 2.09. The van der Waals surface area contributed by atoms with Gasteiger partial charge in [-0.3, -0.25) is 9.89 Å². The van der Waals surface area contributed by atoms with Crippen LogP contribution in [0.4, 0.5) is 0 Å². The molecule has 7 heteroatoms. The van der Waals surface area contributed by atoms with Crippen molar-refractivity contribution in [2.45, 2.75) is 13.3 Å². The van der Waals surface area contributed by atoms with Gasteiger partial charge in [0.2, 0.25) is 0 Å². The molecule has 154 valence electrons. The quantitative estimate of drug-likeness (QED) is 0.345. The summed E-state index contributed by atoms with van der Waals surface area (Å²) in [4.78, 5) is 9.56. The average Bonchev–Trinajstić information content (AvgIpc) is 3.22. The van der Waals surface area contributed by atoms with Crippen molar-refractivity contribution >= 4 is 29.9 Å². The van der Waals surface area contributed by atoms with E-state index in [9.17, 15) is 0 Å². The maximum absolute atomic E-state index is 5.81. The molecule has 1 fully saturated rings. The topological polar surface area (TPSA) is 53.2 Å². The number of halogens is 1. The summed E-state index contributed by atoms with van der Waals surface area (Å²) in [7, 11) is 0. The molecule has 0 radical (unpaired) electrons. The Hall–Kier alpha value is -1.74. The lowest BCUT2D eigenvalue weighted by molar-refractivity contribution is 0.152. The minimum Gasteiger partial charge on any atom is -0.492 e. The van der Waals surface area contributed by atoms with Crippen molar-refractivity contribution in [1.82, 2.24) is 15.1 Å². The van der Waals surface area contributed by atoms with Gasteiger partial charge in [0.05, 0.1) is 6.26 Å². The molecule has 1 aliphatic rings. The molecule has 0 spiro atoms. The Morgan fingerprint density at radius 1 is 1.11 bits per heavy atom. The van der Waals surface area contributed by atoms with Gasteiger partial charge in [-0.05, 0) is 31.2 Å². The minimum atomic E-state index is 0. The second kappa shape index (κ2) is 12.7. The number of nitrogens with zero attached hydrogens (tertiary/aromatic N) is 3. The summed E-state index contributed by atoms with van der Waals surface area (Å²) >= 11 is 0. The molecule has 6 nitrogen and oxygen atoms in total. The van der Waals surface area contributed by atoms with Crippen molar-refractivity contribution in [1.29, 1.82) is 0 Å². The van der Waals surface area contributed by atoms with Crippen LogP contribution in [0, 0.1) is 0 Å². The van der Waals surface area contributed by atoms with Crippen molar-refractivity contribution in [3.63, 3.8) is 0 Å². The number of hydrogen-bond acceptors (Lipinski definition) is 4. The first-order valence-electron chi connectivity index (χ1n) is 9.81. The molecule has 0 unspecified atom stereocenters. The highest BCUT2D eigenvalue weighted by Gasteiger charge is 2.19. The Morgan fingerprint density at radius 2 is 1.89 bits per heavy atom. The Labute approximate surface area is 185 Å². The second-order valence-electron chi connectivity index (χ2n) is 6.56. The van der Waals surface area contributed by atoms with E-state index in [4.69, 9.17) is 14.1 Å². The second-order valence-corrected chi connectivity index (χ2v) is 6.56. The molecular weight excluding hydrogens is 467 g/mol. The van der Waals surface area contributed by atoms with E-state index in [0.29, 0.717) is 0 Å². The van der Waals surface area contributed by atoms with Crippen LogP contribution in [0.1, 0.15) is 12.7 Å². The van der Waals surface area contributed by atoms with Crippen LogP contribution in [0.15, 0.2) is 58.1 Å². The molecule has 2 aromatic rings. The van der Waals surface area contributed by atoms with Crippen molar-refractivity contribution in [3.05, 3.63) is 54.5 Å². The predicted octanol–water partition coefficient (Wildman–Crippen LogP) is 3.10. The van der Waals surface area contributed by atoms with Crippen molar-refractivity contribution in [2.75, 3.05) is 52.4 Å². The number of benzene rings is 1. The zero-order chi connectivity index (χ0) is 18.7. The van der Waals surface area contributed by atoms with Gasteiger partial charge in [0.1, 0.15) is 18.1 Å². The lowest BCUT2D eigenvalue weighted by Gasteiger charge is -2.36. The first-order chi connectivity index (χ1) is 13.3. The third kappa shape index (κ3) is 7.35. The minimum absolute atomic E-state index is 0. The van der Waals surface area contributed by atoms with Gasteiger partial charge in [-0.25, -0.2) is 0 Å². The third-order valence-corrected chi connectivity index (χ3v) is 4.63. The standard InChI is InChI=1S/C21H30N4O2.HI/c1-2-22-21(23-11-10-20-9-6-17-26-20)25-14-12-24(13-15-25)16-18-27-19-7-4-3-5-8-19;/h3-9,17H,2,10-16,18H2,1H3,(H,22,23);1H. The fourth-order valence-electron chi connectivity index (χ4n) is 3.15. The molecule has 28 heavy (non-hydrogen) atoms. The summed E-state index contributed by atoms with van der Waals surface area (Å²) in [5.74, 6) is 2.93. The maximum atomic E-state index is 5.81. The fourth-order valence-corrected chi connectivity index (χ4v) is 3.15. The molecule has 1 aromatic heterocycles. The van der Waals surface area contributed by atoms with Gasteiger partial charge in [-0.15, -0.1) is 24.0 Å². The molecule has 0 saturated carbocycles. The van der Waals surface area contributed by atoms with E-state index in [-0.39, 0.29) is 24.0 Å². The monoisotopic (exact) mass is 498 g/mol. The molecule has 1 saturated heterocycles. The summed E-state index contributed by atoms with van der Waals surface area (Å²) in [6.45, 7) is 9.43. The molecule has 2 heterocycles. The van der Waals surface area contributed by atoms with Gasteiger partial charge < -0.3 is 19.4 Å². The zero-order valence-corrected chi connectivity index (χ0v) is 18.9. The van der Waals surface area contributed by atoms with Gasteiger partial charge in [0.15, 0.2) is 5.96 Å². The van der Waals surface area contributed by atoms with Gasteiger partial charge in [0.25, 0.3) is 0 Å². The molecule has 1 aliphatic heterocycles. The smallest absolute Gasteiger partial charge is 0.194 e. The number of furan rings is 1.